The van der Waals surface area contributed by atoms with Crippen molar-refractivity contribution in [2.45, 2.75) is 12.8 Å². The Morgan fingerprint density at radius 2 is 2.17 bits per heavy atom. The van der Waals surface area contributed by atoms with E-state index in [1.165, 1.54) is 4.57 Å². The fourth-order valence-electron chi connectivity index (χ4n) is 1.94. The van der Waals surface area contributed by atoms with Gasteiger partial charge in [0.1, 0.15) is 0 Å². The summed E-state index contributed by atoms with van der Waals surface area (Å²) in [5.41, 5.74) is 2.44. The molecule has 0 aliphatic carbocycles. The molecule has 2 aromatic rings. The van der Waals surface area contributed by atoms with Gasteiger partial charge in [-0.3, -0.25) is 4.57 Å². The van der Waals surface area contributed by atoms with Crippen molar-refractivity contribution in [3.05, 3.63) is 28.7 Å². The van der Waals surface area contributed by atoms with Gasteiger partial charge in [-0.1, -0.05) is 0 Å². The monoisotopic (exact) mass is 250 g/mol. The number of oxazole rings is 1. The summed E-state index contributed by atoms with van der Waals surface area (Å²) in [5, 5.41) is 8.76. The molecule has 0 amide bonds. The lowest BCUT2D eigenvalue weighted by Gasteiger charge is -2.18. The molecule has 0 radical (unpaired) electrons. The van der Waals surface area contributed by atoms with Crippen molar-refractivity contribution in [1.82, 2.24) is 4.57 Å². The zero-order valence-electron chi connectivity index (χ0n) is 10.7. The molecule has 1 heterocycles. The molecule has 98 valence electrons. The van der Waals surface area contributed by atoms with E-state index in [4.69, 9.17) is 9.52 Å². The van der Waals surface area contributed by atoms with Gasteiger partial charge >= 0.3 is 5.76 Å². The van der Waals surface area contributed by atoms with Crippen LogP contribution < -0.4 is 10.7 Å². The second kappa shape index (κ2) is 5.27. The molecule has 2 rings (SSSR count). The van der Waals surface area contributed by atoms with E-state index in [1.807, 2.05) is 25.2 Å². The van der Waals surface area contributed by atoms with Gasteiger partial charge in [0, 0.05) is 32.9 Å². The fourth-order valence-corrected chi connectivity index (χ4v) is 1.94. The van der Waals surface area contributed by atoms with E-state index in [-0.39, 0.29) is 12.4 Å². The fraction of sp³-hybridized carbons (Fsp3) is 0.462. The summed E-state index contributed by atoms with van der Waals surface area (Å²) in [4.78, 5) is 13.5. The average molecular weight is 250 g/mol. The molecule has 1 aromatic heterocycles. The number of anilines is 1. The smallest absolute Gasteiger partial charge is 0.408 e. The Hall–Kier alpha value is -1.75. The molecular formula is C13H18N2O3. The number of aliphatic hydroxyl groups is 1. The number of unbranched alkanes of at least 4 members (excludes halogenated alkanes) is 1. The number of hydrogen-bond donors (Lipinski definition) is 1. The van der Waals surface area contributed by atoms with E-state index in [0.717, 1.165) is 30.6 Å². The van der Waals surface area contributed by atoms with Crippen LogP contribution in [-0.2, 0) is 7.05 Å². The van der Waals surface area contributed by atoms with Crippen LogP contribution in [0, 0.1) is 0 Å². The van der Waals surface area contributed by atoms with E-state index in [1.54, 1.807) is 7.05 Å². The van der Waals surface area contributed by atoms with Crippen LogP contribution in [0.15, 0.2) is 27.4 Å². The van der Waals surface area contributed by atoms with E-state index in [2.05, 4.69) is 4.90 Å². The van der Waals surface area contributed by atoms with Gasteiger partial charge in [0.05, 0.1) is 5.52 Å². The van der Waals surface area contributed by atoms with Crippen molar-refractivity contribution in [2.24, 2.45) is 7.05 Å². The first-order valence-electron chi connectivity index (χ1n) is 6.05. The van der Waals surface area contributed by atoms with Crippen molar-refractivity contribution >= 4 is 16.8 Å². The first kappa shape index (κ1) is 12.7. The number of aromatic nitrogens is 1. The summed E-state index contributed by atoms with van der Waals surface area (Å²) >= 11 is 0. The Bertz CT molecular complexity index is 585. The van der Waals surface area contributed by atoms with Gasteiger partial charge in [-0.2, -0.15) is 0 Å². The number of aryl methyl sites for hydroxylation is 1. The second-order valence-corrected chi connectivity index (χ2v) is 4.43. The minimum Gasteiger partial charge on any atom is -0.408 e. The molecule has 5 nitrogen and oxygen atoms in total. The summed E-state index contributed by atoms with van der Waals surface area (Å²) in [6.07, 6.45) is 1.74. The number of aliphatic hydroxyl groups excluding tert-OH is 1. The van der Waals surface area contributed by atoms with Crippen LogP contribution in [0.3, 0.4) is 0 Å². The third-order valence-corrected chi connectivity index (χ3v) is 3.12. The maximum atomic E-state index is 11.4. The van der Waals surface area contributed by atoms with Crippen LogP contribution in [0.4, 0.5) is 5.69 Å². The predicted molar refractivity (Wildman–Crippen MR) is 71.0 cm³/mol. The van der Waals surface area contributed by atoms with Gasteiger partial charge in [-0.15, -0.1) is 0 Å². The summed E-state index contributed by atoms with van der Waals surface area (Å²) in [5.74, 6) is -0.343. The minimum atomic E-state index is -0.343. The summed E-state index contributed by atoms with van der Waals surface area (Å²) < 4.78 is 6.59. The quantitative estimate of drug-likeness (QED) is 0.814. The highest BCUT2D eigenvalue weighted by Gasteiger charge is 2.08. The lowest BCUT2D eigenvalue weighted by atomic mass is 10.2. The third-order valence-electron chi connectivity index (χ3n) is 3.12. The summed E-state index contributed by atoms with van der Waals surface area (Å²) in [7, 11) is 3.69. The van der Waals surface area contributed by atoms with Gasteiger partial charge in [-0.25, -0.2) is 4.79 Å². The van der Waals surface area contributed by atoms with Crippen LogP contribution in [-0.4, -0.2) is 29.9 Å². The zero-order chi connectivity index (χ0) is 13.1. The Labute approximate surface area is 105 Å². The van der Waals surface area contributed by atoms with Crippen molar-refractivity contribution in [3.8, 4) is 0 Å². The Morgan fingerprint density at radius 3 is 2.89 bits per heavy atom. The largest absolute Gasteiger partial charge is 0.419 e. The molecule has 0 saturated heterocycles. The number of fused-ring (bicyclic) bond motifs is 1. The lowest BCUT2D eigenvalue weighted by molar-refractivity contribution is 0.285. The van der Waals surface area contributed by atoms with Crippen LogP contribution in [0.2, 0.25) is 0 Å². The molecule has 0 spiro atoms. The molecule has 0 saturated carbocycles. The van der Waals surface area contributed by atoms with E-state index < -0.39 is 0 Å². The molecule has 0 aliphatic rings. The van der Waals surface area contributed by atoms with Gasteiger partial charge < -0.3 is 14.4 Å². The van der Waals surface area contributed by atoms with Crippen LogP contribution >= 0.6 is 0 Å². The van der Waals surface area contributed by atoms with Gasteiger partial charge in [0.2, 0.25) is 0 Å². The van der Waals surface area contributed by atoms with E-state index >= 15 is 0 Å². The molecule has 0 bridgehead atoms. The SMILES string of the molecule is CN(CCCCO)c1ccc2oc(=O)n(C)c2c1. The molecule has 5 heteroatoms. The normalized spacial score (nSPS) is 11.1. The highest BCUT2D eigenvalue weighted by molar-refractivity contribution is 5.77. The molecule has 0 aliphatic heterocycles. The van der Waals surface area contributed by atoms with Crippen LogP contribution in [0.25, 0.3) is 11.1 Å². The van der Waals surface area contributed by atoms with Crippen LogP contribution in [0.5, 0.6) is 0 Å². The predicted octanol–water partition coefficient (Wildman–Crippen LogP) is 1.34. The maximum Gasteiger partial charge on any atom is 0.419 e. The van der Waals surface area contributed by atoms with Gasteiger partial charge in [0.25, 0.3) is 0 Å². The number of rotatable bonds is 5. The van der Waals surface area contributed by atoms with Crippen molar-refractivity contribution < 1.29 is 9.52 Å². The number of nitrogens with zero attached hydrogens (tertiary/aromatic N) is 2. The molecule has 1 aromatic carbocycles. The van der Waals surface area contributed by atoms with Crippen molar-refractivity contribution in [1.29, 1.82) is 0 Å². The molecule has 0 unspecified atom stereocenters. The molecule has 0 atom stereocenters. The second-order valence-electron chi connectivity index (χ2n) is 4.43. The van der Waals surface area contributed by atoms with Crippen molar-refractivity contribution in [3.63, 3.8) is 0 Å². The minimum absolute atomic E-state index is 0.225. The van der Waals surface area contributed by atoms with Crippen LogP contribution in [0.1, 0.15) is 12.8 Å². The molecule has 1 N–H and O–H groups in total. The van der Waals surface area contributed by atoms with E-state index in [0.29, 0.717) is 5.58 Å². The van der Waals surface area contributed by atoms with Crippen molar-refractivity contribution in [2.75, 3.05) is 25.1 Å². The highest BCUT2D eigenvalue weighted by Crippen LogP contribution is 2.20. The highest BCUT2D eigenvalue weighted by atomic mass is 16.4. The van der Waals surface area contributed by atoms with Gasteiger partial charge in [-0.05, 0) is 31.0 Å². The Morgan fingerprint density at radius 1 is 1.39 bits per heavy atom. The topological polar surface area (TPSA) is 58.6 Å². The Balaban J connectivity index is 2.23. The number of benzene rings is 1. The molecule has 0 fully saturated rings. The summed E-state index contributed by atoms with van der Waals surface area (Å²) in [6, 6.07) is 5.69. The third kappa shape index (κ3) is 2.41. The lowest BCUT2D eigenvalue weighted by Crippen LogP contribution is -2.18. The van der Waals surface area contributed by atoms with Gasteiger partial charge in [0.15, 0.2) is 5.58 Å². The first-order valence-corrected chi connectivity index (χ1v) is 6.05. The molecule has 18 heavy (non-hydrogen) atoms. The maximum absolute atomic E-state index is 11.4. The number of hydrogen-bond acceptors (Lipinski definition) is 4. The zero-order valence-corrected chi connectivity index (χ0v) is 10.7. The standard InChI is InChI=1S/C13H18N2O3/c1-14(7-3-4-8-16)10-5-6-12-11(9-10)15(2)13(17)18-12/h5-6,9,16H,3-4,7-8H2,1-2H3. The summed E-state index contributed by atoms with van der Waals surface area (Å²) in [6.45, 7) is 1.10. The Kier molecular flexibility index (Phi) is 3.72. The first-order chi connectivity index (χ1) is 8.63. The average Bonchev–Trinajstić information content (AvgIpc) is 2.65. The molecular weight excluding hydrogens is 232 g/mol. The van der Waals surface area contributed by atoms with E-state index in [9.17, 15) is 4.79 Å².